The zero-order chi connectivity index (χ0) is 22.4. The second-order valence-electron chi connectivity index (χ2n) is 8.40. The molecule has 2 aromatic carbocycles. The van der Waals surface area contributed by atoms with Crippen LogP contribution in [0.4, 0.5) is 0 Å². The first-order chi connectivity index (χ1) is 14.8. The quantitative estimate of drug-likeness (QED) is 0.574. The molecule has 0 aromatic heterocycles. The Morgan fingerprint density at radius 2 is 1.65 bits per heavy atom. The summed E-state index contributed by atoms with van der Waals surface area (Å²) in [4.78, 5) is 28.0. The SMILES string of the molecule is Cc1ccc(CC(=O)N(Cc2c(Cl)cccc2Cl)[C@H](C)C(=O)NC2CCCCC2)cc1. The van der Waals surface area contributed by atoms with Crippen molar-refractivity contribution >= 4 is 35.0 Å². The fraction of sp³-hybridized carbons (Fsp3) is 0.440. The molecule has 0 heterocycles. The highest BCUT2D eigenvalue weighted by atomic mass is 35.5. The average molecular weight is 461 g/mol. The standard InChI is InChI=1S/C25H30Cl2N2O2/c1-17-11-13-19(14-12-17)15-24(30)29(16-21-22(26)9-6-10-23(21)27)18(2)25(31)28-20-7-4-3-5-8-20/h6,9-14,18,20H,3-5,7-8,15-16H2,1-2H3,(H,28,31)/t18-/m1/s1. The van der Waals surface area contributed by atoms with E-state index in [0.29, 0.717) is 15.6 Å². The fourth-order valence-electron chi connectivity index (χ4n) is 3.99. The molecule has 6 heteroatoms. The third kappa shape index (κ3) is 6.47. The van der Waals surface area contributed by atoms with E-state index in [4.69, 9.17) is 23.2 Å². The summed E-state index contributed by atoms with van der Waals surface area (Å²) in [6.45, 7) is 3.97. The molecule has 1 aliphatic carbocycles. The Labute approximate surface area is 194 Å². The summed E-state index contributed by atoms with van der Waals surface area (Å²) in [6.07, 6.45) is 5.67. The van der Waals surface area contributed by atoms with E-state index in [9.17, 15) is 9.59 Å². The Hall–Kier alpha value is -2.04. The van der Waals surface area contributed by atoms with Gasteiger partial charge in [0.2, 0.25) is 11.8 Å². The maximum Gasteiger partial charge on any atom is 0.242 e. The predicted octanol–water partition coefficient (Wildman–Crippen LogP) is 5.71. The van der Waals surface area contributed by atoms with Gasteiger partial charge >= 0.3 is 0 Å². The van der Waals surface area contributed by atoms with Gasteiger partial charge in [-0.25, -0.2) is 0 Å². The Balaban J connectivity index is 1.80. The molecule has 0 spiro atoms. The number of halogens is 2. The highest BCUT2D eigenvalue weighted by molar-refractivity contribution is 6.36. The average Bonchev–Trinajstić information content (AvgIpc) is 2.75. The zero-order valence-corrected chi connectivity index (χ0v) is 19.7. The number of carbonyl (C=O) groups is 2. The molecule has 2 amide bonds. The number of hydrogen-bond donors (Lipinski definition) is 1. The molecule has 166 valence electrons. The molecule has 31 heavy (non-hydrogen) atoms. The maximum absolute atomic E-state index is 13.3. The molecule has 0 saturated heterocycles. The Kier molecular flexibility index (Phi) is 8.39. The van der Waals surface area contributed by atoms with Gasteiger partial charge in [-0.1, -0.05) is 78.4 Å². The number of aryl methyl sites for hydroxylation is 1. The summed E-state index contributed by atoms with van der Waals surface area (Å²) in [5, 5.41) is 4.11. The zero-order valence-electron chi connectivity index (χ0n) is 18.2. The van der Waals surface area contributed by atoms with Gasteiger partial charge in [0.15, 0.2) is 0 Å². The van der Waals surface area contributed by atoms with Crippen molar-refractivity contribution in [3.63, 3.8) is 0 Å². The van der Waals surface area contributed by atoms with E-state index in [1.54, 1.807) is 30.0 Å². The lowest BCUT2D eigenvalue weighted by Gasteiger charge is -2.31. The number of benzene rings is 2. The van der Waals surface area contributed by atoms with Crippen LogP contribution in [0.15, 0.2) is 42.5 Å². The molecule has 4 nitrogen and oxygen atoms in total. The molecule has 0 radical (unpaired) electrons. The minimum absolute atomic E-state index is 0.132. The van der Waals surface area contributed by atoms with Crippen LogP contribution in [0.5, 0.6) is 0 Å². The van der Waals surface area contributed by atoms with E-state index < -0.39 is 6.04 Å². The van der Waals surface area contributed by atoms with Gasteiger partial charge in [0.05, 0.1) is 6.42 Å². The number of nitrogens with zero attached hydrogens (tertiary/aromatic N) is 1. The highest BCUT2D eigenvalue weighted by Gasteiger charge is 2.29. The first kappa shape index (κ1) is 23.6. The smallest absolute Gasteiger partial charge is 0.242 e. The van der Waals surface area contributed by atoms with Crippen LogP contribution < -0.4 is 5.32 Å². The Bertz CT molecular complexity index is 888. The van der Waals surface area contributed by atoms with Crippen molar-refractivity contribution in [3.05, 3.63) is 69.2 Å². The lowest BCUT2D eigenvalue weighted by atomic mass is 9.95. The van der Waals surface area contributed by atoms with Crippen LogP contribution in [0.3, 0.4) is 0 Å². The lowest BCUT2D eigenvalue weighted by molar-refractivity contribution is -0.140. The van der Waals surface area contributed by atoms with Gasteiger partial charge in [-0.15, -0.1) is 0 Å². The van der Waals surface area contributed by atoms with Gasteiger partial charge in [-0.2, -0.15) is 0 Å². The largest absolute Gasteiger partial charge is 0.352 e. The number of nitrogens with one attached hydrogen (secondary N) is 1. The van der Waals surface area contributed by atoms with Crippen LogP contribution in [-0.4, -0.2) is 28.8 Å². The minimum Gasteiger partial charge on any atom is -0.352 e. The van der Waals surface area contributed by atoms with Crippen molar-refractivity contribution < 1.29 is 9.59 Å². The molecule has 1 fully saturated rings. The molecular weight excluding hydrogens is 431 g/mol. The molecule has 0 bridgehead atoms. The fourth-order valence-corrected chi connectivity index (χ4v) is 4.50. The van der Waals surface area contributed by atoms with Crippen molar-refractivity contribution in [2.75, 3.05) is 0 Å². The van der Waals surface area contributed by atoms with Crippen molar-refractivity contribution in [1.82, 2.24) is 10.2 Å². The van der Waals surface area contributed by atoms with Gasteiger partial charge in [-0.05, 0) is 44.4 Å². The summed E-state index contributed by atoms with van der Waals surface area (Å²) in [5.74, 6) is -0.265. The van der Waals surface area contributed by atoms with Crippen molar-refractivity contribution in [3.8, 4) is 0 Å². The van der Waals surface area contributed by atoms with Crippen molar-refractivity contribution in [1.29, 1.82) is 0 Å². The van der Waals surface area contributed by atoms with E-state index in [0.717, 1.165) is 36.8 Å². The predicted molar refractivity (Wildman–Crippen MR) is 126 cm³/mol. The normalized spacial score (nSPS) is 15.4. The highest BCUT2D eigenvalue weighted by Crippen LogP contribution is 2.27. The van der Waals surface area contributed by atoms with Crippen LogP contribution in [0.1, 0.15) is 55.7 Å². The third-order valence-corrected chi connectivity index (χ3v) is 6.69. The summed E-state index contributed by atoms with van der Waals surface area (Å²) < 4.78 is 0. The molecule has 1 saturated carbocycles. The minimum atomic E-state index is -0.632. The molecular formula is C25H30Cl2N2O2. The van der Waals surface area contributed by atoms with Gasteiger partial charge in [0, 0.05) is 28.2 Å². The van der Waals surface area contributed by atoms with Gasteiger partial charge in [0.25, 0.3) is 0 Å². The second kappa shape index (κ2) is 11.0. The van der Waals surface area contributed by atoms with Crippen LogP contribution in [0.25, 0.3) is 0 Å². The molecule has 0 unspecified atom stereocenters. The monoisotopic (exact) mass is 460 g/mol. The summed E-state index contributed by atoms with van der Waals surface area (Å²) in [6, 6.07) is 12.7. The molecule has 1 atom stereocenters. The van der Waals surface area contributed by atoms with Crippen LogP contribution >= 0.6 is 23.2 Å². The van der Waals surface area contributed by atoms with Crippen LogP contribution in [-0.2, 0) is 22.6 Å². The lowest BCUT2D eigenvalue weighted by Crippen LogP contribution is -2.50. The van der Waals surface area contributed by atoms with E-state index >= 15 is 0 Å². The number of carbonyl (C=O) groups excluding carboxylic acids is 2. The molecule has 0 aliphatic heterocycles. The van der Waals surface area contributed by atoms with Crippen LogP contribution in [0.2, 0.25) is 10.0 Å². The van der Waals surface area contributed by atoms with E-state index in [1.807, 2.05) is 31.2 Å². The Morgan fingerprint density at radius 1 is 1.03 bits per heavy atom. The maximum atomic E-state index is 13.3. The number of hydrogen-bond acceptors (Lipinski definition) is 2. The van der Waals surface area contributed by atoms with Gasteiger partial charge in [-0.3, -0.25) is 9.59 Å². The number of rotatable bonds is 7. The van der Waals surface area contributed by atoms with E-state index in [1.165, 1.54) is 6.42 Å². The summed E-state index contributed by atoms with van der Waals surface area (Å²) in [7, 11) is 0. The summed E-state index contributed by atoms with van der Waals surface area (Å²) >= 11 is 12.7. The molecule has 3 rings (SSSR count). The molecule has 1 N–H and O–H groups in total. The summed E-state index contributed by atoms with van der Waals surface area (Å²) in [5.41, 5.74) is 2.70. The van der Waals surface area contributed by atoms with Crippen molar-refractivity contribution in [2.24, 2.45) is 0 Å². The Morgan fingerprint density at radius 3 is 2.26 bits per heavy atom. The number of amides is 2. The van der Waals surface area contributed by atoms with Gasteiger partial charge in [0.1, 0.15) is 6.04 Å². The van der Waals surface area contributed by atoms with Gasteiger partial charge < -0.3 is 10.2 Å². The first-order valence-electron chi connectivity index (χ1n) is 10.9. The van der Waals surface area contributed by atoms with E-state index in [2.05, 4.69) is 5.32 Å². The molecule has 2 aromatic rings. The first-order valence-corrected chi connectivity index (χ1v) is 11.7. The topological polar surface area (TPSA) is 49.4 Å². The second-order valence-corrected chi connectivity index (χ2v) is 9.22. The molecule has 1 aliphatic rings. The van der Waals surface area contributed by atoms with E-state index in [-0.39, 0.29) is 30.8 Å². The van der Waals surface area contributed by atoms with Crippen LogP contribution in [0, 0.1) is 6.92 Å². The van der Waals surface area contributed by atoms with Crippen molar-refractivity contribution in [2.45, 2.75) is 71.0 Å². The third-order valence-electron chi connectivity index (χ3n) is 5.98.